The third-order valence-corrected chi connectivity index (χ3v) is 2.19. The minimum Gasteiger partial charge on any atom is -0.493 e. The highest BCUT2D eigenvalue weighted by molar-refractivity contribution is 6.67. The first-order valence-electron chi connectivity index (χ1n) is 4.50. The highest BCUT2D eigenvalue weighted by Crippen LogP contribution is 2.25. The lowest BCUT2D eigenvalue weighted by Gasteiger charge is -2.11. The third-order valence-electron chi connectivity index (χ3n) is 1.98. The number of benzene rings is 1. The number of halogens is 1. The predicted octanol–water partition coefficient (Wildman–Crippen LogP) is 3.08. The quantitative estimate of drug-likeness (QED) is 0.720. The van der Waals surface area contributed by atoms with Crippen LogP contribution in [0.4, 0.5) is 0 Å². The van der Waals surface area contributed by atoms with Gasteiger partial charge in [-0.3, -0.25) is 4.79 Å². The molecular formula is C11H13ClO2. The molecule has 1 aromatic carbocycles. The molecule has 3 heteroatoms. The van der Waals surface area contributed by atoms with Gasteiger partial charge in [-0.2, -0.15) is 0 Å². The smallest absolute Gasteiger partial charge is 0.252 e. The van der Waals surface area contributed by atoms with Crippen molar-refractivity contribution in [3.63, 3.8) is 0 Å². The SMILES string of the molecule is CCOc1c(C)cc(C(=O)Cl)cc1C. The van der Waals surface area contributed by atoms with Crippen LogP contribution in [0.1, 0.15) is 28.4 Å². The van der Waals surface area contributed by atoms with Crippen molar-refractivity contribution in [1.82, 2.24) is 0 Å². The van der Waals surface area contributed by atoms with Crippen molar-refractivity contribution >= 4 is 16.8 Å². The molecule has 0 radical (unpaired) electrons. The average molecular weight is 213 g/mol. The van der Waals surface area contributed by atoms with E-state index >= 15 is 0 Å². The van der Waals surface area contributed by atoms with Crippen LogP contribution in [0.2, 0.25) is 0 Å². The summed E-state index contributed by atoms with van der Waals surface area (Å²) in [6, 6.07) is 3.49. The molecular weight excluding hydrogens is 200 g/mol. The Morgan fingerprint density at radius 3 is 2.21 bits per heavy atom. The minimum absolute atomic E-state index is 0.431. The van der Waals surface area contributed by atoms with Gasteiger partial charge in [-0.1, -0.05) is 0 Å². The number of rotatable bonds is 3. The van der Waals surface area contributed by atoms with Crippen molar-refractivity contribution in [2.75, 3.05) is 6.61 Å². The topological polar surface area (TPSA) is 26.3 Å². The van der Waals surface area contributed by atoms with Gasteiger partial charge in [-0.15, -0.1) is 0 Å². The molecule has 0 heterocycles. The lowest BCUT2D eigenvalue weighted by Crippen LogP contribution is -1.99. The summed E-state index contributed by atoms with van der Waals surface area (Å²) in [4.78, 5) is 10.9. The molecule has 0 aliphatic carbocycles. The molecule has 1 aromatic rings. The first-order valence-corrected chi connectivity index (χ1v) is 4.88. The fraction of sp³-hybridized carbons (Fsp3) is 0.364. The summed E-state index contributed by atoms with van der Waals surface area (Å²) in [7, 11) is 0. The second kappa shape index (κ2) is 4.47. The molecule has 0 saturated heterocycles. The maximum absolute atomic E-state index is 10.9. The standard InChI is InChI=1S/C11H13ClO2/c1-4-14-10-7(2)5-9(11(12)13)6-8(10)3/h5-6H,4H2,1-3H3. The molecule has 0 unspecified atom stereocenters. The summed E-state index contributed by atoms with van der Waals surface area (Å²) >= 11 is 5.40. The van der Waals surface area contributed by atoms with Crippen molar-refractivity contribution in [1.29, 1.82) is 0 Å². The molecule has 0 aliphatic rings. The van der Waals surface area contributed by atoms with Crippen LogP contribution >= 0.6 is 11.6 Å². The van der Waals surface area contributed by atoms with Crippen LogP contribution in [-0.4, -0.2) is 11.8 Å². The Hall–Kier alpha value is -1.02. The van der Waals surface area contributed by atoms with Crippen LogP contribution in [0, 0.1) is 13.8 Å². The Balaban J connectivity index is 3.18. The monoisotopic (exact) mass is 212 g/mol. The Kier molecular flexibility index (Phi) is 3.53. The van der Waals surface area contributed by atoms with E-state index in [1.54, 1.807) is 12.1 Å². The zero-order chi connectivity index (χ0) is 10.7. The third kappa shape index (κ3) is 2.26. The lowest BCUT2D eigenvalue weighted by molar-refractivity contribution is 0.108. The molecule has 2 nitrogen and oxygen atoms in total. The molecule has 0 aromatic heterocycles. The zero-order valence-corrected chi connectivity index (χ0v) is 9.31. The number of ether oxygens (including phenoxy) is 1. The maximum Gasteiger partial charge on any atom is 0.252 e. The van der Waals surface area contributed by atoms with Gasteiger partial charge in [-0.25, -0.2) is 0 Å². The van der Waals surface area contributed by atoms with Crippen LogP contribution in [0.15, 0.2) is 12.1 Å². The number of carbonyl (C=O) groups excluding carboxylic acids is 1. The van der Waals surface area contributed by atoms with Crippen LogP contribution in [0.25, 0.3) is 0 Å². The van der Waals surface area contributed by atoms with E-state index in [1.165, 1.54) is 0 Å². The first-order chi connectivity index (χ1) is 6.56. The van der Waals surface area contributed by atoms with E-state index in [0.717, 1.165) is 16.9 Å². The van der Waals surface area contributed by atoms with E-state index < -0.39 is 5.24 Å². The van der Waals surface area contributed by atoms with Gasteiger partial charge >= 0.3 is 0 Å². The highest BCUT2D eigenvalue weighted by atomic mass is 35.5. The summed E-state index contributed by atoms with van der Waals surface area (Å²) in [5.74, 6) is 0.842. The number of aryl methyl sites for hydroxylation is 2. The molecule has 0 atom stereocenters. The van der Waals surface area contributed by atoms with E-state index in [0.29, 0.717) is 12.2 Å². The van der Waals surface area contributed by atoms with E-state index in [2.05, 4.69) is 0 Å². The zero-order valence-electron chi connectivity index (χ0n) is 8.56. The number of hydrogen-bond donors (Lipinski definition) is 0. The van der Waals surface area contributed by atoms with E-state index in [4.69, 9.17) is 16.3 Å². The van der Waals surface area contributed by atoms with Crippen LogP contribution < -0.4 is 4.74 Å². The Labute approximate surface area is 88.8 Å². The summed E-state index contributed by atoms with van der Waals surface area (Å²) in [6.45, 7) is 6.36. The Morgan fingerprint density at radius 1 is 1.36 bits per heavy atom. The molecule has 0 saturated carbocycles. The normalized spacial score (nSPS) is 10.0. The lowest BCUT2D eigenvalue weighted by atomic mass is 10.1. The largest absolute Gasteiger partial charge is 0.493 e. The van der Waals surface area contributed by atoms with Crippen molar-refractivity contribution in [2.24, 2.45) is 0 Å². The molecule has 0 fully saturated rings. The molecule has 0 aliphatic heterocycles. The van der Waals surface area contributed by atoms with Gasteiger partial charge in [0.15, 0.2) is 0 Å². The van der Waals surface area contributed by atoms with Crippen molar-refractivity contribution in [2.45, 2.75) is 20.8 Å². The van der Waals surface area contributed by atoms with Gasteiger partial charge in [0.1, 0.15) is 5.75 Å². The van der Waals surface area contributed by atoms with Gasteiger partial charge in [-0.05, 0) is 55.6 Å². The van der Waals surface area contributed by atoms with Crippen molar-refractivity contribution in [3.05, 3.63) is 28.8 Å². The summed E-state index contributed by atoms with van der Waals surface area (Å²) in [5.41, 5.74) is 2.40. The maximum atomic E-state index is 10.9. The summed E-state index contributed by atoms with van der Waals surface area (Å²) in [5, 5.41) is -0.431. The Morgan fingerprint density at radius 2 is 1.86 bits per heavy atom. The first kappa shape index (κ1) is 11.1. The predicted molar refractivity (Wildman–Crippen MR) is 57.3 cm³/mol. The second-order valence-corrected chi connectivity index (χ2v) is 3.49. The van der Waals surface area contributed by atoms with Crippen molar-refractivity contribution < 1.29 is 9.53 Å². The van der Waals surface area contributed by atoms with Crippen molar-refractivity contribution in [3.8, 4) is 5.75 Å². The fourth-order valence-corrected chi connectivity index (χ4v) is 1.54. The van der Waals surface area contributed by atoms with E-state index in [-0.39, 0.29) is 0 Å². The van der Waals surface area contributed by atoms with E-state index in [1.807, 2.05) is 20.8 Å². The molecule has 1 rings (SSSR count). The van der Waals surface area contributed by atoms with Gasteiger partial charge in [0.2, 0.25) is 0 Å². The van der Waals surface area contributed by atoms with Gasteiger partial charge in [0.25, 0.3) is 5.24 Å². The summed E-state index contributed by atoms with van der Waals surface area (Å²) < 4.78 is 5.45. The van der Waals surface area contributed by atoms with Crippen LogP contribution in [0.3, 0.4) is 0 Å². The minimum atomic E-state index is -0.431. The molecule has 76 valence electrons. The Bertz CT molecular complexity index is 335. The van der Waals surface area contributed by atoms with Gasteiger partial charge in [0, 0.05) is 5.56 Å². The van der Waals surface area contributed by atoms with Crippen LogP contribution in [-0.2, 0) is 0 Å². The number of carbonyl (C=O) groups is 1. The number of hydrogen-bond acceptors (Lipinski definition) is 2. The molecule has 0 spiro atoms. The molecule has 0 amide bonds. The highest BCUT2D eigenvalue weighted by Gasteiger charge is 2.09. The summed E-state index contributed by atoms with van der Waals surface area (Å²) in [6.07, 6.45) is 0. The fourth-order valence-electron chi connectivity index (χ4n) is 1.44. The average Bonchev–Trinajstić information content (AvgIpc) is 2.10. The van der Waals surface area contributed by atoms with Crippen LogP contribution in [0.5, 0.6) is 5.75 Å². The molecule has 0 bridgehead atoms. The molecule has 0 N–H and O–H groups in total. The van der Waals surface area contributed by atoms with Gasteiger partial charge < -0.3 is 4.74 Å². The molecule has 14 heavy (non-hydrogen) atoms. The van der Waals surface area contributed by atoms with E-state index in [9.17, 15) is 4.79 Å². The second-order valence-electron chi connectivity index (χ2n) is 3.15. The van der Waals surface area contributed by atoms with Gasteiger partial charge in [0.05, 0.1) is 6.61 Å².